The Balaban J connectivity index is 1.47. The second-order valence-electron chi connectivity index (χ2n) is 9.18. The summed E-state index contributed by atoms with van der Waals surface area (Å²) in [4.78, 5) is 20.1. The van der Waals surface area contributed by atoms with Gasteiger partial charge in [0.25, 0.3) is 0 Å². The second-order valence-corrected chi connectivity index (χ2v) is 9.18. The number of nitrogens with zero attached hydrogens (tertiary/aromatic N) is 3. The van der Waals surface area contributed by atoms with Crippen LogP contribution in [-0.2, 0) is 6.54 Å². The minimum atomic E-state index is -0.00489. The van der Waals surface area contributed by atoms with E-state index in [1.807, 2.05) is 23.1 Å². The monoisotopic (exact) mass is 420 g/mol. The number of likely N-dealkylation sites (N-methyl/N-ethyl adjacent to an activating group) is 1. The van der Waals surface area contributed by atoms with Crippen molar-refractivity contribution >= 4 is 11.7 Å². The number of piperazine rings is 1. The number of rotatable bonds is 5. The summed E-state index contributed by atoms with van der Waals surface area (Å²) in [6, 6.07) is 19.4. The van der Waals surface area contributed by atoms with Crippen LogP contribution in [0.5, 0.6) is 0 Å². The number of para-hydroxylation sites is 1. The first-order chi connectivity index (χ1) is 15.1. The summed E-state index contributed by atoms with van der Waals surface area (Å²) in [7, 11) is 4.35. The van der Waals surface area contributed by atoms with Gasteiger partial charge >= 0.3 is 6.03 Å². The molecule has 2 fully saturated rings. The summed E-state index contributed by atoms with van der Waals surface area (Å²) in [6.07, 6.45) is 6.59. The van der Waals surface area contributed by atoms with Gasteiger partial charge in [-0.2, -0.15) is 0 Å². The van der Waals surface area contributed by atoms with Gasteiger partial charge in [-0.05, 0) is 44.1 Å². The predicted octanol–water partition coefficient (Wildman–Crippen LogP) is 4.97. The van der Waals surface area contributed by atoms with E-state index in [4.69, 9.17) is 0 Å². The lowest BCUT2D eigenvalue weighted by molar-refractivity contribution is 0.116. The predicted molar refractivity (Wildman–Crippen MR) is 127 cm³/mol. The summed E-state index contributed by atoms with van der Waals surface area (Å²) in [5.74, 6) is 0. The zero-order valence-corrected chi connectivity index (χ0v) is 19.0. The lowest BCUT2D eigenvalue weighted by Gasteiger charge is -2.40. The quantitative estimate of drug-likeness (QED) is 0.742. The highest BCUT2D eigenvalue weighted by Gasteiger charge is 2.30. The molecule has 1 saturated heterocycles. The number of anilines is 1. The minimum absolute atomic E-state index is 0.00489. The highest BCUT2D eigenvalue weighted by molar-refractivity contribution is 5.90. The number of benzene rings is 2. The van der Waals surface area contributed by atoms with Gasteiger partial charge < -0.3 is 15.1 Å². The number of hydrogen-bond donors (Lipinski definition) is 1. The maximum atomic E-state index is 13.4. The molecule has 2 aromatic rings. The molecular formula is C26H36N4O. The molecule has 2 amide bonds. The van der Waals surface area contributed by atoms with E-state index in [2.05, 4.69) is 65.6 Å². The van der Waals surface area contributed by atoms with E-state index in [0.717, 1.165) is 31.9 Å². The average Bonchev–Trinajstić information content (AvgIpc) is 2.81. The first kappa shape index (κ1) is 21.8. The van der Waals surface area contributed by atoms with Crippen LogP contribution in [0.1, 0.15) is 49.3 Å². The van der Waals surface area contributed by atoms with Gasteiger partial charge in [0.2, 0.25) is 0 Å². The fourth-order valence-electron chi connectivity index (χ4n) is 5.01. The lowest BCUT2D eigenvalue weighted by atomic mass is 9.94. The van der Waals surface area contributed by atoms with Crippen molar-refractivity contribution in [2.75, 3.05) is 39.0 Å². The molecule has 1 atom stereocenters. The largest absolute Gasteiger partial charge is 0.322 e. The van der Waals surface area contributed by atoms with Crippen molar-refractivity contribution in [3.63, 3.8) is 0 Å². The van der Waals surface area contributed by atoms with Gasteiger partial charge in [0.1, 0.15) is 0 Å². The molecule has 2 aromatic carbocycles. The zero-order valence-electron chi connectivity index (χ0n) is 19.0. The smallest absolute Gasteiger partial charge is 0.315 e. The number of urea groups is 1. The molecule has 0 bridgehead atoms. The molecule has 1 saturated carbocycles. The van der Waals surface area contributed by atoms with E-state index in [9.17, 15) is 4.79 Å². The topological polar surface area (TPSA) is 38.8 Å². The Kier molecular flexibility index (Phi) is 7.25. The van der Waals surface area contributed by atoms with Gasteiger partial charge in [-0.1, -0.05) is 67.8 Å². The molecule has 0 radical (unpaired) electrons. The Bertz CT molecular complexity index is 849. The molecule has 31 heavy (non-hydrogen) atoms. The van der Waals surface area contributed by atoms with Crippen molar-refractivity contribution < 1.29 is 4.79 Å². The van der Waals surface area contributed by atoms with E-state index in [-0.39, 0.29) is 12.1 Å². The van der Waals surface area contributed by atoms with Gasteiger partial charge in [0, 0.05) is 37.9 Å². The molecule has 2 aliphatic rings. The fraction of sp³-hybridized carbons (Fsp3) is 0.500. The molecule has 1 aliphatic carbocycles. The van der Waals surface area contributed by atoms with Gasteiger partial charge in [-0.25, -0.2) is 4.79 Å². The highest BCUT2D eigenvalue weighted by Crippen LogP contribution is 2.28. The van der Waals surface area contributed by atoms with Crippen LogP contribution >= 0.6 is 0 Å². The summed E-state index contributed by atoms with van der Waals surface area (Å²) in [5.41, 5.74) is 3.31. The first-order valence-corrected chi connectivity index (χ1v) is 11.7. The molecular weight excluding hydrogens is 384 g/mol. The van der Waals surface area contributed by atoms with Crippen molar-refractivity contribution in [1.82, 2.24) is 14.7 Å². The second kappa shape index (κ2) is 10.3. The van der Waals surface area contributed by atoms with Gasteiger partial charge in [-0.3, -0.25) is 4.90 Å². The number of carbonyl (C=O) groups excluding carboxylic acids is 1. The van der Waals surface area contributed by atoms with Crippen LogP contribution in [0.25, 0.3) is 0 Å². The summed E-state index contributed by atoms with van der Waals surface area (Å²) < 4.78 is 0. The zero-order chi connectivity index (χ0) is 21.6. The SMILES string of the molecule is CN1CCN(C(=O)Nc2ccccc2CN(C)C2CCCCC2)C(c2ccccc2)C1. The van der Waals surface area contributed by atoms with Crippen molar-refractivity contribution in [3.8, 4) is 0 Å². The van der Waals surface area contributed by atoms with E-state index < -0.39 is 0 Å². The van der Waals surface area contributed by atoms with Crippen LogP contribution < -0.4 is 5.32 Å². The molecule has 1 heterocycles. The molecule has 0 spiro atoms. The van der Waals surface area contributed by atoms with Crippen LogP contribution in [0.4, 0.5) is 10.5 Å². The fourth-order valence-corrected chi connectivity index (χ4v) is 5.01. The molecule has 1 unspecified atom stereocenters. The molecule has 5 heteroatoms. The third-order valence-electron chi connectivity index (χ3n) is 6.91. The molecule has 1 aliphatic heterocycles. The van der Waals surface area contributed by atoms with Crippen molar-refractivity contribution in [2.45, 2.75) is 50.7 Å². The maximum absolute atomic E-state index is 13.4. The van der Waals surface area contributed by atoms with Crippen molar-refractivity contribution in [3.05, 3.63) is 65.7 Å². The molecule has 5 nitrogen and oxygen atoms in total. The van der Waals surface area contributed by atoms with Gasteiger partial charge in [0.05, 0.1) is 6.04 Å². The third kappa shape index (κ3) is 5.46. The molecule has 1 N–H and O–H groups in total. The number of hydrogen-bond acceptors (Lipinski definition) is 3. The van der Waals surface area contributed by atoms with E-state index in [1.165, 1.54) is 43.2 Å². The Hall–Kier alpha value is -2.37. The van der Waals surface area contributed by atoms with Crippen LogP contribution in [-0.4, -0.2) is 60.5 Å². The Morgan fingerprint density at radius 1 is 1.00 bits per heavy atom. The van der Waals surface area contributed by atoms with Gasteiger partial charge in [-0.15, -0.1) is 0 Å². The van der Waals surface area contributed by atoms with Gasteiger partial charge in [0.15, 0.2) is 0 Å². The van der Waals surface area contributed by atoms with Crippen LogP contribution in [0.15, 0.2) is 54.6 Å². The maximum Gasteiger partial charge on any atom is 0.322 e. The van der Waals surface area contributed by atoms with Crippen LogP contribution in [0.2, 0.25) is 0 Å². The lowest BCUT2D eigenvalue weighted by Crippen LogP contribution is -2.50. The highest BCUT2D eigenvalue weighted by atomic mass is 16.2. The van der Waals surface area contributed by atoms with E-state index in [1.54, 1.807) is 0 Å². The molecule has 4 rings (SSSR count). The molecule has 0 aromatic heterocycles. The summed E-state index contributed by atoms with van der Waals surface area (Å²) in [6.45, 7) is 3.34. The van der Waals surface area contributed by atoms with E-state index >= 15 is 0 Å². The number of nitrogens with one attached hydrogen (secondary N) is 1. The summed E-state index contributed by atoms with van der Waals surface area (Å²) >= 11 is 0. The number of carbonyl (C=O) groups is 1. The molecule has 166 valence electrons. The minimum Gasteiger partial charge on any atom is -0.315 e. The first-order valence-electron chi connectivity index (χ1n) is 11.7. The standard InChI is InChI=1S/C26H36N4O/c1-28-17-18-30(25(20-28)21-11-5-3-6-12-21)26(31)27-24-16-10-9-13-22(24)19-29(2)23-14-7-4-8-15-23/h3,5-6,9-13,16,23,25H,4,7-8,14-15,17-20H2,1-2H3,(H,27,31). The normalized spacial score (nSPS) is 20.7. The average molecular weight is 421 g/mol. The van der Waals surface area contributed by atoms with E-state index in [0.29, 0.717) is 6.04 Å². The Morgan fingerprint density at radius 3 is 2.48 bits per heavy atom. The Morgan fingerprint density at radius 2 is 1.71 bits per heavy atom. The third-order valence-corrected chi connectivity index (χ3v) is 6.91. The summed E-state index contributed by atoms with van der Waals surface area (Å²) in [5, 5.41) is 3.24. The van der Waals surface area contributed by atoms with Crippen LogP contribution in [0.3, 0.4) is 0 Å². The van der Waals surface area contributed by atoms with Crippen molar-refractivity contribution in [1.29, 1.82) is 0 Å². The van der Waals surface area contributed by atoms with Crippen LogP contribution in [0, 0.1) is 0 Å². The Labute approximate surface area is 187 Å². The number of amides is 2. The van der Waals surface area contributed by atoms with Crippen molar-refractivity contribution in [2.24, 2.45) is 0 Å².